The van der Waals surface area contributed by atoms with Crippen molar-refractivity contribution in [3.8, 4) is 0 Å². The summed E-state index contributed by atoms with van der Waals surface area (Å²) in [5.74, 6) is 0. The molecule has 1 heterocycles. The average Bonchev–Trinajstić information content (AvgIpc) is 2.83. The van der Waals surface area contributed by atoms with Crippen molar-refractivity contribution in [2.45, 2.75) is 39.7 Å². The molecular weight excluding hydrogens is 248 g/mol. The Bertz CT molecular complexity index is 278. The van der Waals surface area contributed by atoms with Gasteiger partial charge in [-0.25, -0.2) is 4.99 Å². The summed E-state index contributed by atoms with van der Waals surface area (Å²) < 4.78 is 17.4. The summed E-state index contributed by atoms with van der Waals surface area (Å²) in [6, 6.07) is 0.849. The van der Waals surface area contributed by atoms with Crippen molar-refractivity contribution < 1.29 is 13.3 Å². The molecule has 0 aromatic rings. The summed E-state index contributed by atoms with van der Waals surface area (Å²) in [5, 5.41) is 0. The Morgan fingerprint density at radius 1 is 1.11 bits per heavy atom. The van der Waals surface area contributed by atoms with E-state index >= 15 is 0 Å². The Morgan fingerprint density at radius 2 is 1.72 bits per heavy atom. The van der Waals surface area contributed by atoms with E-state index in [9.17, 15) is 0 Å². The van der Waals surface area contributed by atoms with Gasteiger partial charge in [0.25, 0.3) is 0 Å². The van der Waals surface area contributed by atoms with Gasteiger partial charge in [0, 0.05) is 31.6 Å². The van der Waals surface area contributed by atoms with Crippen molar-refractivity contribution in [2.24, 2.45) is 9.98 Å². The Morgan fingerprint density at radius 3 is 2.17 bits per heavy atom. The number of hydrogen-bond acceptors (Lipinski definition) is 5. The normalized spacial score (nSPS) is 15.2. The van der Waals surface area contributed by atoms with Crippen molar-refractivity contribution in [3.05, 3.63) is 0 Å². The van der Waals surface area contributed by atoms with Crippen LogP contribution in [-0.4, -0.2) is 47.2 Å². The molecule has 0 saturated carbocycles. The van der Waals surface area contributed by atoms with Gasteiger partial charge >= 0.3 is 8.80 Å². The second kappa shape index (κ2) is 8.52. The predicted octanol–water partition coefficient (Wildman–Crippen LogP) is 2.30. The summed E-state index contributed by atoms with van der Waals surface area (Å²) >= 11 is 0. The van der Waals surface area contributed by atoms with E-state index in [1.807, 2.05) is 20.8 Å². The van der Waals surface area contributed by atoms with E-state index in [0.717, 1.165) is 31.1 Å². The standard InChI is InChI=1S/C12H24N2O3Si/c1-4-15-18(16-5-2,17-6-3)9-7-8-12-10-13-11-14-12/h11H,4-10H2,1-3H3. The first kappa shape index (κ1) is 15.5. The van der Waals surface area contributed by atoms with Gasteiger partial charge in [0.15, 0.2) is 0 Å². The number of hydrogen-bond donors (Lipinski definition) is 0. The van der Waals surface area contributed by atoms with Crippen molar-refractivity contribution in [2.75, 3.05) is 26.4 Å². The maximum atomic E-state index is 5.80. The predicted molar refractivity (Wildman–Crippen MR) is 75.5 cm³/mol. The highest BCUT2D eigenvalue weighted by molar-refractivity contribution is 6.60. The summed E-state index contributed by atoms with van der Waals surface area (Å²) in [7, 11) is -2.46. The molecule has 0 aliphatic carbocycles. The summed E-state index contributed by atoms with van der Waals surface area (Å²) in [6.07, 6.45) is 3.56. The zero-order valence-electron chi connectivity index (χ0n) is 11.6. The van der Waals surface area contributed by atoms with Crippen LogP contribution in [0.1, 0.15) is 33.6 Å². The molecule has 0 spiro atoms. The Balaban J connectivity index is 2.42. The average molecular weight is 272 g/mol. The molecule has 1 rings (SSSR count). The zero-order valence-corrected chi connectivity index (χ0v) is 12.6. The second-order valence-electron chi connectivity index (χ2n) is 3.99. The highest BCUT2D eigenvalue weighted by Crippen LogP contribution is 2.19. The van der Waals surface area contributed by atoms with Gasteiger partial charge in [0.05, 0.1) is 6.54 Å². The molecule has 0 radical (unpaired) electrons. The molecule has 0 aromatic heterocycles. The highest BCUT2D eigenvalue weighted by atomic mass is 28.4. The van der Waals surface area contributed by atoms with E-state index in [2.05, 4.69) is 9.98 Å². The molecular formula is C12H24N2O3Si. The number of aliphatic imine (C=N–C) groups is 2. The van der Waals surface area contributed by atoms with E-state index in [4.69, 9.17) is 13.3 Å². The van der Waals surface area contributed by atoms with Crippen LogP contribution in [0.3, 0.4) is 0 Å². The minimum Gasteiger partial charge on any atom is -0.374 e. The van der Waals surface area contributed by atoms with Crippen molar-refractivity contribution >= 4 is 20.9 Å². The van der Waals surface area contributed by atoms with Crippen molar-refractivity contribution in [1.82, 2.24) is 0 Å². The summed E-state index contributed by atoms with van der Waals surface area (Å²) in [4.78, 5) is 8.29. The van der Waals surface area contributed by atoms with Gasteiger partial charge in [-0.1, -0.05) is 0 Å². The maximum Gasteiger partial charge on any atom is 0.500 e. The van der Waals surface area contributed by atoms with Gasteiger partial charge in [-0.2, -0.15) is 0 Å². The molecule has 5 nitrogen and oxygen atoms in total. The summed E-state index contributed by atoms with van der Waals surface area (Å²) in [6.45, 7) is 8.59. The first-order valence-corrected chi connectivity index (χ1v) is 8.65. The van der Waals surface area contributed by atoms with Crippen LogP contribution in [0.25, 0.3) is 0 Å². The van der Waals surface area contributed by atoms with Gasteiger partial charge in [-0.15, -0.1) is 0 Å². The lowest BCUT2D eigenvalue weighted by Gasteiger charge is -2.28. The molecule has 0 saturated heterocycles. The van der Waals surface area contributed by atoms with Crippen LogP contribution in [0.2, 0.25) is 6.04 Å². The fourth-order valence-electron chi connectivity index (χ4n) is 1.96. The molecule has 0 amide bonds. The molecule has 0 atom stereocenters. The third-order valence-corrected chi connectivity index (χ3v) is 5.79. The number of rotatable bonds is 10. The minimum atomic E-state index is -2.46. The monoisotopic (exact) mass is 272 g/mol. The zero-order chi connectivity index (χ0) is 13.3. The van der Waals surface area contributed by atoms with Crippen LogP contribution in [0, 0.1) is 0 Å². The lowest BCUT2D eigenvalue weighted by Crippen LogP contribution is -2.46. The molecule has 0 unspecified atom stereocenters. The van der Waals surface area contributed by atoms with E-state index < -0.39 is 8.80 Å². The Hall–Kier alpha value is -0.563. The van der Waals surface area contributed by atoms with E-state index in [1.165, 1.54) is 0 Å². The van der Waals surface area contributed by atoms with Crippen LogP contribution in [0.4, 0.5) is 0 Å². The first-order valence-electron chi connectivity index (χ1n) is 6.72. The Labute approximate surface area is 111 Å². The topological polar surface area (TPSA) is 52.4 Å². The lowest BCUT2D eigenvalue weighted by molar-refractivity contribution is 0.0710. The Kier molecular flexibility index (Phi) is 7.34. The fraction of sp³-hybridized carbons (Fsp3) is 0.833. The van der Waals surface area contributed by atoms with Gasteiger partial charge in [-0.05, 0) is 33.6 Å². The second-order valence-corrected chi connectivity index (χ2v) is 6.72. The molecule has 6 heteroatoms. The van der Waals surface area contributed by atoms with Crippen LogP contribution < -0.4 is 0 Å². The van der Waals surface area contributed by atoms with E-state index in [1.54, 1.807) is 6.34 Å². The molecule has 0 N–H and O–H groups in total. The van der Waals surface area contributed by atoms with Crippen molar-refractivity contribution in [1.29, 1.82) is 0 Å². The van der Waals surface area contributed by atoms with Crippen LogP contribution in [0.5, 0.6) is 0 Å². The van der Waals surface area contributed by atoms with Gasteiger partial charge < -0.3 is 13.3 Å². The largest absolute Gasteiger partial charge is 0.500 e. The number of nitrogens with zero attached hydrogens (tertiary/aromatic N) is 2. The summed E-state index contributed by atoms with van der Waals surface area (Å²) in [5.41, 5.74) is 1.14. The first-order chi connectivity index (χ1) is 8.76. The van der Waals surface area contributed by atoms with Crippen LogP contribution in [-0.2, 0) is 13.3 Å². The molecule has 18 heavy (non-hydrogen) atoms. The maximum absolute atomic E-state index is 5.80. The molecule has 1 aliphatic heterocycles. The van der Waals surface area contributed by atoms with Crippen molar-refractivity contribution in [3.63, 3.8) is 0 Å². The smallest absolute Gasteiger partial charge is 0.374 e. The highest BCUT2D eigenvalue weighted by Gasteiger charge is 2.39. The minimum absolute atomic E-state index is 0.635. The fourth-order valence-corrected chi connectivity index (χ4v) is 4.58. The van der Waals surface area contributed by atoms with E-state index in [-0.39, 0.29) is 0 Å². The van der Waals surface area contributed by atoms with Crippen LogP contribution >= 0.6 is 0 Å². The van der Waals surface area contributed by atoms with Crippen LogP contribution in [0.15, 0.2) is 9.98 Å². The molecule has 0 bridgehead atoms. The quantitative estimate of drug-likeness (QED) is 0.573. The third-order valence-electron chi connectivity index (χ3n) is 2.64. The van der Waals surface area contributed by atoms with E-state index in [0.29, 0.717) is 19.8 Å². The lowest BCUT2D eigenvalue weighted by atomic mass is 10.2. The van der Waals surface area contributed by atoms with Gasteiger partial charge in [0.2, 0.25) is 0 Å². The SMILES string of the molecule is CCO[Si](CCCC1=NC=NC1)(OCC)OCC. The molecule has 104 valence electrons. The third kappa shape index (κ3) is 4.97. The molecule has 0 aromatic carbocycles. The molecule has 0 fully saturated rings. The molecule has 1 aliphatic rings. The van der Waals surface area contributed by atoms with Gasteiger partial charge in [-0.3, -0.25) is 4.99 Å². The van der Waals surface area contributed by atoms with Gasteiger partial charge in [0.1, 0.15) is 6.34 Å².